The van der Waals surface area contributed by atoms with Gasteiger partial charge in [-0.3, -0.25) is 4.79 Å². The van der Waals surface area contributed by atoms with E-state index in [0.717, 1.165) is 12.3 Å². The molecule has 0 unspecified atom stereocenters. The van der Waals surface area contributed by atoms with Gasteiger partial charge in [0.1, 0.15) is 5.56 Å². The lowest BCUT2D eigenvalue weighted by molar-refractivity contribution is -0.142. The molecule has 1 aromatic heterocycles. The van der Waals surface area contributed by atoms with E-state index in [-0.39, 0.29) is 0 Å². The number of halogens is 4. The van der Waals surface area contributed by atoms with Crippen LogP contribution in [0.25, 0.3) is 0 Å². The minimum absolute atomic E-state index is 0.637. The van der Waals surface area contributed by atoms with Gasteiger partial charge in [-0.15, -0.1) is 0 Å². The molecule has 0 bridgehead atoms. The summed E-state index contributed by atoms with van der Waals surface area (Å²) in [7, 11) is 0. The van der Waals surface area contributed by atoms with Crippen LogP contribution in [0.4, 0.5) is 17.6 Å². The minimum atomic E-state index is -4.94. The number of hydrogen-bond acceptors (Lipinski definition) is 2. The highest BCUT2D eigenvalue weighted by Crippen LogP contribution is 2.33. The molecule has 0 saturated heterocycles. The van der Waals surface area contributed by atoms with E-state index >= 15 is 0 Å². The fourth-order valence-corrected chi connectivity index (χ4v) is 1.08. The first-order chi connectivity index (χ1) is 6.82. The number of nitrogens with zero attached hydrogens (tertiary/aromatic N) is 1. The molecule has 0 atom stereocenters. The molecule has 0 fully saturated rings. The third-order valence-corrected chi connectivity index (χ3v) is 1.62. The van der Waals surface area contributed by atoms with Crippen LogP contribution in [-0.2, 0) is 17.4 Å². The van der Waals surface area contributed by atoms with Crippen LogP contribution in [0.1, 0.15) is 11.1 Å². The predicted molar refractivity (Wildman–Crippen MR) is 40.5 cm³/mol. The number of aliphatic carboxylic acids is 1. The van der Waals surface area contributed by atoms with Gasteiger partial charge in [-0.05, 0) is 11.6 Å². The Labute approximate surface area is 81.4 Å². The summed E-state index contributed by atoms with van der Waals surface area (Å²) in [6.45, 7) is 0. The van der Waals surface area contributed by atoms with Crippen LogP contribution in [0.5, 0.6) is 0 Å². The number of pyridine rings is 1. The number of rotatable bonds is 2. The topological polar surface area (TPSA) is 50.2 Å². The Kier molecular flexibility index (Phi) is 2.92. The summed E-state index contributed by atoms with van der Waals surface area (Å²) in [5, 5.41) is 8.34. The summed E-state index contributed by atoms with van der Waals surface area (Å²) in [6, 6.07) is 0.833. The number of hydrogen-bond donors (Lipinski definition) is 1. The van der Waals surface area contributed by atoms with Gasteiger partial charge < -0.3 is 5.11 Å². The van der Waals surface area contributed by atoms with Gasteiger partial charge in [-0.2, -0.15) is 17.6 Å². The zero-order valence-electron chi connectivity index (χ0n) is 7.18. The zero-order chi connectivity index (χ0) is 11.6. The Morgan fingerprint density at radius 3 is 2.53 bits per heavy atom. The number of carboxylic acids is 1. The molecule has 82 valence electrons. The van der Waals surface area contributed by atoms with Gasteiger partial charge in [-0.1, -0.05) is 0 Å². The highest BCUT2D eigenvalue weighted by atomic mass is 19.4. The first-order valence-electron chi connectivity index (χ1n) is 3.74. The Balaban J connectivity index is 3.27. The van der Waals surface area contributed by atoms with E-state index in [1.165, 1.54) is 0 Å². The van der Waals surface area contributed by atoms with Crippen molar-refractivity contribution in [2.45, 2.75) is 12.6 Å². The van der Waals surface area contributed by atoms with Gasteiger partial charge in [0.05, 0.1) is 6.42 Å². The molecule has 1 N–H and O–H groups in total. The molecular formula is C8H5F4NO2. The maximum atomic E-state index is 12.8. The maximum absolute atomic E-state index is 12.8. The molecule has 0 radical (unpaired) electrons. The van der Waals surface area contributed by atoms with E-state index in [0.29, 0.717) is 0 Å². The van der Waals surface area contributed by atoms with E-state index < -0.39 is 35.6 Å². The first kappa shape index (κ1) is 11.4. The number of alkyl halides is 3. The Morgan fingerprint density at radius 1 is 1.47 bits per heavy atom. The summed E-state index contributed by atoms with van der Waals surface area (Å²) in [5.41, 5.74) is -2.25. The van der Waals surface area contributed by atoms with Crippen LogP contribution in [-0.4, -0.2) is 16.1 Å². The molecule has 7 heteroatoms. The normalized spacial score (nSPS) is 11.5. The van der Waals surface area contributed by atoms with Gasteiger partial charge in [-0.25, -0.2) is 4.98 Å². The van der Waals surface area contributed by atoms with Crippen molar-refractivity contribution in [1.82, 2.24) is 4.98 Å². The highest BCUT2D eigenvalue weighted by molar-refractivity contribution is 5.70. The van der Waals surface area contributed by atoms with Crippen molar-refractivity contribution in [2.24, 2.45) is 0 Å². The van der Waals surface area contributed by atoms with E-state index in [1.54, 1.807) is 0 Å². The maximum Gasteiger partial charge on any atom is 0.421 e. The molecule has 0 saturated carbocycles. The Morgan fingerprint density at radius 2 is 2.07 bits per heavy atom. The molecular weight excluding hydrogens is 218 g/mol. The number of carbonyl (C=O) groups is 1. The largest absolute Gasteiger partial charge is 0.481 e. The lowest BCUT2D eigenvalue weighted by Gasteiger charge is -2.11. The first-order valence-corrected chi connectivity index (χ1v) is 3.74. The van der Waals surface area contributed by atoms with Crippen molar-refractivity contribution in [1.29, 1.82) is 0 Å². The molecule has 3 nitrogen and oxygen atoms in total. The zero-order valence-corrected chi connectivity index (χ0v) is 7.18. The lowest BCUT2D eigenvalue weighted by atomic mass is 10.1. The van der Waals surface area contributed by atoms with Crippen LogP contribution >= 0.6 is 0 Å². The SMILES string of the molecule is O=C(O)Cc1ccnc(F)c1C(F)(F)F. The van der Waals surface area contributed by atoms with E-state index in [9.17, 15) is 22.4 Å². The van der Waals surface area contributed by atoms with Crippen molar-refractivity contribution in [3.63, 3.8) is 0 Å². The molecule has 1 rings (SSSR count). The molecule has 0 aliphatic rings. The standard InChI is InChI=1S/C8H5F4NO2/c9-7-6(8(10,11)12)4(1-2-13-7)3-5(14)15/h1-2H,3H2,(H,14,15). The van der Waals surface area contributed by atoms with Gasteiger partial charge in [0.25, 0.3) is 0 Å². The van der Waals surface area contributed by atoms with Gasteiger partial charge >= 0.3 is 12.1 Å². The minimum Gasteiger partial charge on any atom is -0.481 e. The Bertz CT molecular complexity index is 389. The molecule has 0 aliphatic heterocycles. The fraction of sp³-hybridized carbons (Fsp3) is 0.250. The third-order valence-electron chi connectivity index (χ3n) is 1.62. The second kappa shape index (κ2) is 3.84. The van der Waals surface area contributed by atoms with Crippen molar-refractivity contribution >= 4 is 5.97 Å². The second-order valence-electron chi connectivity index (χ2n) is 2.70. The summed E-state index contributed by atoms with van der Waals surface area (Å²) in [6.07, 6.45) is -5.04. The quantitative estimate of drug-likeness (QED) is 0.615. The second-order valence-corrected chi connectivity index (χ2v) is 2.70. The van der Waals surface area contributed by atoms with Crippen LogP contribution in [0.15, 0.2) is 12.3 Å². The van der Waals surface area contributed by atoms with Gasteiger partial charge in [0, 0.05) is 6.20 Å². The van der Waals surface area contributed by atoms with Crippen LogP contribution < -0.4 is 0 Å². The smallest absolute Gasteiger partial charge is 0.421 e. The molecule has 0 amide bonds. The van der Waals surface area contributed by atoms with Gasteiger partial charge in [0.2, 0.25) is 5.95 Å². The van der Waals surface area contributed by atoms with E-state index in [4.69, 9.17) is 5.11 Å². The summed E-state index contributed by atoms with van der Waals surface area (Å²) < 4.78 is 49.6. The van der Waals surface area contributed by atoms with Crippen LogP contribution in [0, 0.1) is 5.95 Å². The summed E-state index contributed by atoms with van der Waals surface area (Å²) >= 11 is 0. The Hall–Kier alpha value is -1.66. The average molecular weight is 223 g/mol. The molecule has 1 aromatic rings. The fourth-order valence-electron chi connectivity index (χ4n) is 1.08. The number of carboxylic acid groups (broad SMARTS) is 1. The summed E-state index contributed by atoms with van der Waals surface area (Å²) in [5.74, 6) is -3.17. The van der Waals surface area contributed by atoms with Crippen molar-refractivity contribution in [2.75, 3.05) is 0 Å². The van der Waals surface area contributed by atoms with Gasteiger partial charge in [0.15, 0.2) is 0 Å². The van der Waals surface area contributed by atoms with Crippen molar-refractivity contribution in [3.8, 4) is 0 Å². The third kappa shape index (κ3) is 2.64. The van der Waals surface area contributed by atoms with Crippen molar-refractivity contribution < 1.29 is 27.5 Å². The van der Waals surface area contributed by atoms with Crippen LogP contribution in [0.2, 0.25) is 0 Å². The van der Waals surface area contributed by atoms with Crippen molar-refractivity contribution in [3.05, 3.63) is 29.3 Å². The highest BCUT2D eigenvalue weighted by Gasteiger charge is 2.37. The number of aromatic nitrogens is 1. The lowest BCUT2D eigenvalue weighted by Crippen LogP contribution is -2.15. The molecule has 0 aliphatic carbocycles. The molecule has 0 aromatic carbocycles. The van der Waals surface area contributed by atoms with E-state index in [1.807, 2.05) is 0 Å². The summed E-state index contributed by atoms with van der Waals surface area (Å²) in [4.78, 5) is 13.1. The van der Waals surface area contributed by atoms with E-state index in [2.05, 4.69) is 4.98 Å². The average Bonchev–Trinajstić information content (AvgIpc) is 1.99. The van der Waals surface area contributed by atoms with Crippen LogP contribution in [0.3, 0.4) is 0 Å². The predicted octanol–water partition coefficient (Wildman–Crippen LogP) is 1.87. The molecule has 1 heterocycles. The molecule has 0 spiro atoms. The molecule has 15 heavy (non-hydrogen) atoms. The monoisotopic (exact) mass is 223 g/mol.